The predicted molar refractivity (Wildman–Crippen MR) is 91.4 cm³/mol. The predicted octanol–water partition coefficient (Wildman–Crippen LogP) is 4.35. The molecule has 116 valence electrons. The lowest BCUT2D eigenvalue weighted by molar-refractivity contribution is -0.122. The number of nitrogens with one attached hydrogen (secondary N) is 1. The first kappa shape index (κ1) is 16.3. The van der Waals surface area contributed by atoms with E-state index in [9.17, 15) is 4.79 Å². The SMILES string of the molecule is CC[C@H](CCc1ccccc1)CC(=O)NCc1ccccc1. The van der Waals surface area contributed by atoms with Gasteiger partial charge in [-0.25, -0.2) is 0 Å². The molecule has 0 heterocycles. The third-order valence-corrected chi connectivity index (χ3v) is 4.07. The number of hydrogen-bond donors (Lipinski definition) is 1. The van der Waals surface area contributed by atoms with Crippen molar-refractivity contribution in [2.24, 2.45) is 5.92 Å². The highest BCUT2D eigenvalue weighted by molar-refractivity contribution is 5.76. The van der Waals surface area contributed by atoms with E-state index in [1.807, 2.05) is 36.4 Å². The third-order valence-electron chi connectivity index (χ3n) is 4.07. The van der Waals surface area contributed by atoms with Gasteiger partial charge in [-0.2, -0.15) is 0 Å². The first-order valence-electron chi connectivity index (χ1n) is 8.12. The van der Waals surface area contributed by atoms with Crippen molar-refractivity contribution < 1.29 is 4.79 Å². The molecule has 1 N–H and O–H groups in total. The van der Waals surface area contributed by atoms with Crippen molar-refractivity contribution >= 4 is 5.91 Å². The number of aryl methyl sites for hydroxylation is 1. The molecule has 0 spiro atoms. The summed E-state index contributed by atoms with van der Waals surface area (Å²) in [6, 6.07) is 20.5. The van der Waals surface area contributed by atoms with Crippen LogP contribution < -0.4 is 5.32 Å². The number of carbonyl (C=O) groups excluding carboxylic acids is 1. The van der Waals surface area contributed by atoms with E-state index in [-0.39, 0.29) is 5.91 Å². The summed E-state index contributed by atoms with van der Waals surface area (Å²) in [6.45, 7) is 2.79. The monoisotopic (exact) mass is 295 g/mol. The van der Waals surface area contributed by atoms with Crippen molar-refractivity contribution in [1.82, 2.24) is 5.32 Å². The van der Waals surface area contributed by atoms with E-state index in [0.717, 1.165) is 24.8 Å². The molecule has 2 aromatic rings. The van der Waals surface area contributed by atoms with Gasteiger partial charge in [0, 0.05) is 13.0 Å². The van der Waals surface area contributed by atoms with Gasteiger partial charge in [0.15, 0.2) is 0 Å². The largest absolute Gasteiger partial charge is 0.352 e. The standard InChI is InChI=1S/C20H25NO/c1-2-17(13-14-18-9-5-3-6-10-18)15-20(22)21-16-19-11-7-4-8-12-19/h3-12,17H,2,13-16H2,1H3,(H,21,22)/t17-/m1/s1. The molecule has 0 aliphatic heterocycles. The van der Waals surface area contributed by atoms with E-state index in [1.54, 1.807) is 0 Å². The molecule has 0 aromatic heterocycles. The quantitative estimate of drug-likeness (QED) is 0.770. The van der Waals surface area contributed by atoms with Gasteiger partial charge in [0.1, 0.15) is 0 Å². The number of hydrogen-bond acceptors (Lipinski definition) is 1. The molecular formula is C20H25NO. The van der Waals surface area contributed by atoms with Gasteiger partial charge in [0.25, 0.3) is 0 Å². The van der Waals surface area contributed by atoms with Crippen LogP contribution in [0.3, 0.4) is 0 Å². The molecule has 0 aliphatic rings. The maximum absolute atomic E-state index is 12.1. The van der Waals surface area contributed by atoms with Crippen LogP contribution in [0.1, 0.15) is 37.3 Å². The van der Waals surface area contributed by atoms with E-state index in [1.165, 1.54) is 5.56 Å². The fraction of sp³-hybridized carbons (Fsp3) is 0.350. The van der Waals surface area contributed by atoms with Crippen LogP contribution in [-0.4, -0.2) is 5.91 Å². The van der Waals surface area contributed by atoms with Crippen LogP contribution in [0.5, 0.6) is 0 Å². The Kier molecular flexibility index (Phi) is 6.69. The number of carbonyl (C=O) groups is 1. The van der Waals surface area contributed by atoms with Crippen molar-refractivity contribution in [2.45, 2.75) is 39.2 Å². The number of benzene rings is 2. The second-order valence-electron chi connectivity index (χ2n) is 5.76. The Morgan fingerprint density at radius 1 is 0.955 bits per heavy atom. The van der Waals surface area contributed by atoms with Crippen LogP contribution in [0.2, 0.25) is 0 Å². The van der Waals surface area contributed by atoms with E-state index in [2.05, 4.69) is 36.5 Å². The molecule has 2 aromatic carbocycles. The highest BCUT2D eigenvalue weighted by Gasteiger charge is 2.12. The molecule has 0 unspecified atom stereocenters. The summed E-state index contributed by atoms with van der Waals surface area (Å²) in [5.74, 6) is 0.611. The molecule has 0 saturated carbocycles. The van der Waals surface area contributed by atoms with E-state index >= 15 is 0 Å². The smallest absolute Gasteiger partial charge is 0.220 e. The van der Waals surface area contributed by atoms with Gasteiger partial charge in [-0.3, -0.25) is 4.79 Å². The zero-order valence-electron chi connectivity index (χ0n) is 13.3. The second-order valence-corrected chi connectivity index (χ2v) is 5.76. The Morgan fingerprint density at radius 3 is 2.14 bits per heavy atom. The number of amides is 1. The Morgan fingerprint density at radius 2 is 1.55 bits per heavy atom. The topological polar surface area (TPSA) is 29.1 Å². The normalized spacial score (nSPS) is 11.9. The Bertz CT molecular complexity index is 550. The molecule has 22 heavy (non-hydrogen) atoms. The summed E-state index contributed by atoms with van der Waals surface area (Å²) < 4.78 is 0. The Balaban J connectivity index is 1.73. The fourth-order valence-corrected chi connectivity index (χ4v) is 2.60. The van der Waals surface area contributed by atoms with E-state index in [0.29, 0.717) is 18.9 Å². The first-order chi connectivity index (χ1) is 10.8. The summed E-state index contributed by atoms with van der Waals surface area (Å²) in [6.07, 6.45) is 3.78. The molecule has 0 radical (unpaired) electrons. The average Bonchev–Trinajstić information content (AvgIpc) is 2.58. The van der Waals surface area contributed by atoms with Crippen molar-refractivity contribution in [3.05, 3.63) is 71.8 Å². The summed E-state index contributed by atoms with van der Waals surface area (Å²) >= 11 is 0. The highest BCUT2D eigenvalue weighted by atomic mass is 16.1. The van der Waals surface area contributed by atoms with E-state index < -0.39 is 0 Å². The third kappa shape index (κ3) is 5.72. The van der Waals surface area contributed by atoms with Gasteiger partial charge in [-0.1, -0.05) is 74.0 Å². The minimum absolute atomic E-state index is 0.156. The van der Waals surface area contributed by atoms with Crippen LogP contribution in [-0.2, 0) is 17.8 Å². The van der Waals surface area contributed by atoms with Crippen LogP contribution in [0, 0.1) is 5.92 Å². The summed E-state index contributed by atoms with van der Waals surface area (Å²) in [5.41, 5.74) is 2.50. The zero-order valence-corrected chi connectivity index (χ0v) is 13.3. The Labute approximate surface area is 133 Å². The molecule has 2 rings (SSSR count). The van der Waals surface area contributed by atoms with Crippen molar-refractivity contribution in [2.75, 3.05) is 0 Å². The van der Waals surface area contributed by atoms with Crippen LogP contribution >= 0.6 is 0 Å². The minimum atomic E-state index is 0.156. The summed E-state index contributed by atoms with van der Waals surface area (Å²) in [5, 5.41) is 3.02. The van der Waals surface area contributed by atoms with Gasteiger partial charge in [-0.15, -0.1) is 0 Å². The van der Waals surface area contributed by atoms with Crippen LogP contribution in [0.25, 0.3) is 0 Å². The molecule has 2 heteroatoms. The van der Waals surface area contributed by atoms with Crippen LogP contribution in [0.4, 0.5) is 0 Å². The molecule has 1 atom stereocenters. The fourth-order valence-electron chi connectivity index (χ4n) is 2.60. The van der Waals surface area contributed by atoms with Gasteiger partial charge in [-0.05, 0) is 29.9 Å². The first-order valence-corrected chi connectivity index (χ1v) is 8.12. The minimum Gasteiger partial charge on any atom is -0.352 e. The Hall–Kier alpha value is -2.09. The van der Waals surface area contributed by atoms with Gasteiger partial charge >= 0.3 is 0 Å². The van der Waals surface area contributed by atoms with Crippen LogP contribution in [0.15, 0.2) is 60.7 Å². The van der Waals surface area contributed by atoms with Crippen molar-refractivity contribution in [3.63, 3.8) is 0 Å². The maximum atomic E-state index is 12.1. The molecule has 0 saturated heterocycles. The molecule has 0 fully saturated rings. The average molecular weight is 295 g/mol. The lowest BCUT2D eigenvalue weighted by Gasteiger charge is -2.14. The van der Waals surface area contributed by atoms with Crippen molar-refractivity contribution in [1.29, 1.82) is 0 Å². The molecule has 1 amide bonds. The summed E-state index contributed by atoms with van der Waals surface area (Å²) in [7, 11) is 0. The van der Waals surface area contributed by atoms with E-state index in [4.69, 9.17) is 0 Å². The van der Waals surface area contributed by atoms with Gasteiger partial charge < -0.3 is 5.32 Å². The molecule has 0 bridgehead atoms. The number of rotatable bonds is 8. The molecule has 0 aliphatic carbocycles. The highest BCUT2D eigenvalue weighted by Crippen LogP contribution is 2.16. The van der Waals surface area contributed by atoms with Gasteiger partial charge in [0.2, 0.25) is 5.91 Å². The maximum Gasteiger partial charge on any atom is 0.220 e. The summed E-state index contributed by atoms with van der Waals surface area (Å²) in [4.78, 5) is 12.1. The lowest BCUT2D eigenvalue weighted by Crippen LogP contribution is -2.25. The lowest BCUT2D eigenvalue weighted by atomic mass is 9.94. The van der Waals surface area contributed by atoms with Gasteiger partial charge in [0.05, 0.1) is 0 Å². The molecular weight excluding hydrogens is 270 g/mol. The zero-order chi connectivity index (χ0) is 15.6. The molecule has 2 nitrogen and oxygen atoms in total. The second kappa shape index (κ2) is 9.04. The van der Waals surface area contributed by atoms with Crippen molar-refractivity contribution in [3.8, 4) is 0 Å².